The topological polar surface area (TPSA) is 74.7 Å². The summed E-state index contributed by atoms with van der Waals surface area (Å²) in [7, 11) is -4.03. The average molecular weight is 405 g/mol. The lowest BCUT2D eigenvalue weighted by Crippen LogP contribution is -2.35. The summed E-state index contributed by atoms with van der Waals surface area (Å²) in [6.07, 6.45) is 0. The Balaban J connectivity index is 2.58. The van der Waals surface area contributed by atoms with Crippen molar-refractivity contribution >= 4 is 49.2 Å². The number of carboxylic acids is 1. The summed E-state index contributed by atoms with van der Waals surface area (Å²) in [4.78, 5) is 11.1. The van der Waals surface area contributed by atoms with Crippen LogP contribution in [-0.2, 0) is 14.8 Å². The zero-order valence-corrected chi connectivity index (χ0v) is 14.3. The summed E-state index contributed by atoms with van der Waals surface area (Å²) in [6, 6.07) is 12.2. The van der Waals surface area contributed by atoms with E-state index >= 15 is 0 Å². The van der Waals surface area contributed by atoms with Crippen LogP contribution in [-0.4, -0.2) is 26.0 Å². The van der Waals surface area contributed by atoms with E-state index in [1.54, 1.807) is 24.3 Å². The number of hydrogen-bond acceptors (Lipinski definition) is 3. The SMILES string of the molecule is O=C(O)CN(c1ccc(Br)cc1Cl)S(=O)(=O)c1ccccc1. The van der Waals surface area contributed by atoms with Gasteiger partial charge in [0.2, 0.25) is 0 Å². The second-order valence-electron chi connectivity index (χ2n) is 4.31. The molecule has 0 unspecified atom stereocenters. The number of halogens is 2. The minimum atomic E-state index is -4.03. The molecule has 0 atom stereocenters. The summed E-state index contributed by atoms with van der Waals surface area (Å²) in [5.41, 5.74) is 0.108. The molecule has 0 saturated heterocycles. The van der Waals surface area contributed by atoms with E-state index in [2.05, 4.69) is 15.9 Å². The molecule has 1 N–H and O–H groups in total. The molecule has 5 nitrogen and oxygen atoms in total. The molecule has 0 aliphatic rings. The monoisotopic (exact) mass is 403 g/mol. The molecule has 0 fully saturated rings. The van der Waals surface area contributed by atoms with Crippen LogP contribution >= 0.6 is 27.5 Å². The van der Waals surface area contributed by atoms with Gasteiger partial charge in [-0.05, 0) is 30.3 Å². The normalized spacial score (nSPS) is 11.2. The average Bonchev–Trinajstić information content (AvgIpc) is 2.46. The van der Waals surface area contributed by atoms with Crippen molar-refractivity contribution in [1.82, 2.24) is 0 Å². The van der Waals surface area contributed by atoms with Crippen LogP contribution in [0, 0.1) is 0 Å². The zero-order valence-electron chi connectivity index (χ0n) is 11.1. The van der Waals surface area contributed by atoms with Crippen LogP contribution in [0.4, 0.5) is 5.69 Å². The zero-order chi connectivity index (χ0) is 16.3. The highest BCUT2D eigenvalue weighted by molar-refractivity contribution is 9.10. The molecule has 2 aromatic carbocycles. The molecule has 22 heavy (non-hydrogen) atoms. The van der Waals surface area contributed by atoms with Gasteiger partial charge in [-0.3, -0.25) is 9.10 Å². The van der Waals surface area contributed by atoms with E-state index in [4.69, 9.17) is 16.7 Å². The van der Waals surface area contributed by atoms with Gasteiger partial charge in [-0.1, -0.05) is 45.7 Å². The Kier molecular flexibility index (Phi) is 5.10. The first kappa shape index (κ1) is 16.8. The van der Waals surface area contributed by atoms with E-state index in [9.17, 15) is 13.2 Å². The molecule has 0 heterocycles. The first-order chi connectivity index (χ1) is 10.3. The molecule has 2 rings (SSSR count). The molecule has 116 valence electrons. The maximum Gasteiger partial charge on any atom is 0.324 e. The van der Waals surface area contributed by atoms with Crippen LogP contribution in [0.5, 0.6) is 0 Å². The minimum absolute atomic E-state index is 0.00441. The number of anilines is 1. The standard InChI is InChI=1S/C14H11BrClNO4S/c15-10-6-7-13(12(16)8-10)17(9-14(18)19)22(20,21)11-4-2-1-3-5-11/h1-8H,9H2,(H,18,19). The summed E-state index contributed by atoms with van der Waals surface area (Å²) in [6.45, 7) is -0.724. The van der Waals surface area contributed by atoms with Gasteiger partial charge in [0.25, 0.3) is 10.0 Å². The summed E-state index contributed by atoms with van der Waals surface area (Å²) < 4.78 is 26.8. The highest BCUT2D eigenvalue weighted by Gasteiger charge is 2.28. The van der Waals surface area contributed by atoms with Gasteiger partial charge in [0, 0.05) is 4.47 Å². The summed E-state index contributed by atoms with van der Waals surface area (Å²) in [5.74, 6) is -1.28. The van der Waals surface area contributed by atoms with Crippen LogP contribution in [0.1, 0.15) is 0 Å². The third-order valence-electron chi connectivity index (χ3n) is 2.79. The first-order valence-corrected chi connectivity index (χ1v) is 8.68. The summed E-state index contributed by atoms with van der Waals surface area (Å²) >= 11 is 9.30. The molecular formula is C14H11BrClNO4S. The molecule has 0 aromatic heterocycles. The van der Waals surface area contributed by atoms with Crippen molar-refractivity contribution < 1.29 is 18.3 Å². The predicted molar refractivity (Wildman–Crippen MR) is 87.8 cm³/mol. The Morgan fingerprint density at radius 3 is 2.36 bits per heavy atom. The van der Waals surface area contributed by atoms with E-state index in [0.29, 0.717) is 4.47 Å². The lowest BCUT2D eigenvalue weighted by atomic mass is 10.3. The molecule has 0 aliphatic heterocycles. The number of carboxylic acid groups (broad SMARTS) is 1. The molecule has 8 heteroatoms. The van der Waals surface area contributed by atoms with E-state index in [1.807, 2.05) is 0 Å². The van der Waals surface area contributed by atoms with Crippen molar-refractivity contribution in [2.45, 2.75) is 4.90 Å². The van der Waals surface area contributed by atoms with Gasteiger partial charge >= 0.3 is 5.97 Å². The minimum Gasteiger partial charge on any atom is -0.480 e. The fourth-order valence-electron chi connectivity index (χ4n) is 1.83. The molecule has 2 aromatic rings. The van der Waals surface area contributed by atoms with Crippen LogP contribution in [0.3, 0.4) is 0 Å². The molecule has 0 radical (unpaired) electrons. The fourth-order valence-corrected chi connectivity index (χ4v) is 4.11. The maximum atomic E-state index is 12.7. The third-order valence-corrected chi connectivity index (χ3v) is 5.36. The smallest absolute Gasteiger partial charge is 0.324 e. The van der Waals surface area contributed by atoms with Gasteiger partial charge in [0.15, 0.2) is 0 Å². The van der Waals surface area contributed by atoms with E-state index in [0.717, 1.165) is 4.31 Å². The molecule has 0 bridgehead atoms. The maximum absolute atomic E-state index is 12.7. The fraction of sp³-hybridized carbons (Fsp3) is 0.0714. The number of rotatable bonds is 5. The van der Waals surface area contributed by atoms with Gasteiger partial charge < -0.3 is 5.11 Å². The van der Waals surface area contributed by atoms with Crippen molar-refractivity contribution in [1.29, 1.82) is 0 Å². The molecule has 0 amide bonds. The van der Waals surface area contributed by atoms with Crippen molar-refractivity contribution in [2.75, 3.05) is 10.8 Å². The molecular weight excluding hydrogens is 394 g/mol. The van der Waals surface area contributed by atoms with E-state index in [-0.39, 0.29) is 15.6 Å². The van der Waals surface area contributed by atoms with Crippen molar-refractivity contribution in [2.24, 2.45) is 0 Å². The Bertz CT molecular complexity index is 796. The Labute approximate surface area is 141 Å². The number of hydrogen-bond donors (Lipinski definition) is 1. The number of benzene rings is 2. The largest absolute Gasteiger partial charge is 0.480 e. The van der Waals surface area contributed by atoms with Crippen LogP contribution in [0.25, 0.3) is 0 Å². The highest BCUT2D eigenvalue weighted by atomic mass is 79.9. The van der Waals surface area contributed by atoms with Gasteiger partial charge in [-0.15, -0.1) is 0 Å². The Hall–Kier alpha value is -1.57. The lowest BCUT2D eigenvalue weighted by Gasteiger charge is -2.23. The van der Waals surface area contributed by atoms with Gasteiger partial charge in [-0.2, -0.15) is 0 Å². The van der Waals surface area contributed by atoms with Gasteiger partial charge in [0.1, 0.15) is 6.54 Å². The van der Waals surface area contributed by atoms with Crippen LogP contribution < -0.4 is 4.31 Å². The molecule has 0 spiro atoms. The van der Waals surface area contributed by atoms with Crippen LogP contribution in [0.15, 0.2) is 57.9 Å². The van der Waals surface area contributed by atoms with Gasteiger partial charge in [-0.25, -0.2) is 8.42 Å². The van der Waals surface area contributed by atoms with Gasteiger partial charge in [0.05, 0.1) is 15.6 Å². The van der Waals surface area contributed by atoms with E-state index < -0.39 is 22.5 Å². The van der Waals surface area contributed by atoms with Crippen molar-refractivity contribution in [3.63, 3.8) is 0 Å². The Morgan fingerprint density at radius 2 is 1.82 bits per heavy atom. The highest BCUT2D eigenvalue weighted by Crippen LogP contribution is 2.32. The van der Waals surface area contributed by atoms with Crippen LogP contribution in [0.2, 0.25) is 5.02 Å². The second-order valence-corrected chi connectivity index (χ2v) is 7.50. The summed E-state index contributed by atoms with van der Waals surface area (Å²) in [5, 5.41) is 9.18. The number of nitrogens with zero attached hydrogens (tertiary/aromatic N) is 1. The third kappa shape index (κ3) is 3.60. The predicted octanol–water partition coefficient (Wildman–Crippen LogP) is 3.38. The number of carbonyl (C=O) groups is 1. The lowest BCUT2D eigenvalue weighted by molar-refractivity contribution is -0.135. The first-order valence-electron chi connectivity index (χ1n) is 6.07. The van der Waals surface area contributed by atoms with E-state index in [1.165, 1.54) is 24.3 Å². The molecule has 0 saturated carbocycles. The Morgan fingerprint density at radius 1 is 1.18 bits per heavy atom. The molecule has 0 aliphatic carbocycles. The number of sulfonamides is 1. The quantitative estimate of drug-likeness (QED) is 0.829. The second kappa shape index (κ2) is 6.68. The van der Waals surface area contributed by atoms with Crippen molar-refractivity contribution in [3.8, 4) is 0 Å². The van der Waals surface area contributed by atoms with Crippen molar-refractivity contribution in [3.05, 3.63) is 58.0 Å². The number of aliphatic carboxylic acids is 1.